The Bertz CT molecular complexity index is 1510. The van der Waals surface area contributed by atoms with Gasteiger partial charge in [0.05, 0.1) is 26.6 Å². The van der Waals surface area contributed by atoms with E-state index < -0.39 is 25.2 Å². The molecule has 0 saturated carbocycles. The number of amides is 1. The Balaban J connectivity index is 1.57. The summed E-state index contributed by atoms with van der Waals surface area (Å²) in [6, 6.07) is 5.94. The molecule has 184 valence electrons. The number of methoxy groups -OCH3 is 1. The number of nitrogens with zero attached hydrogens (tertiary/aromatic N) is 7. The first-order valence-electron chi connectivity index (χ1n) is 11.5. The van der Waals surface area contributed by atoms with E-state index in [9.17, 15) is 18.0 Å². The number of halogens is 3. The van der Waals surface area contributed by atoms with Crippen LogP contribution in [0.3, 0.4) is 0 Å². The molecule has 0 bridgehead atoms. The topological polar surface area (TPSA) is 106 Å². The van der Waals surface area contributed by atoms with E-state index in [-0.39, 0.29) is 30.1 Å². The Morgan fingerprint density at radius 3 is 2.94 bits per heavy atom. The zero-order chi connectivity index (χ0) is 25.6. The van der Waals surface area contributed by atoms with Gasteiger partial charge in [0, 0.05) is 25.2 Å². The third-order valence-electron chi connectivity index (χ3n) is 6.01. The van der Waals surface area contributed by atoms with Crippen molar-refractivity contribution in [1.29, 1.82) is 0 Å². The Hall–Kier alpha value is -3.90. The van der Waals surface area contributed by atoms with E-state index in [0.29, 0.717) is 40.6 Å². The fourth-order valence-electron chi connectivity index (χ4n) is 4.25. The molecule has 1 N–H and O–H groups in total. The number of rotatable bonds is 5. The van der Waals surface area contributed by atoms with Gasteiger partial charge in [0.15, 0.2) is 0 Å². The molecule has 4 heterocycles. The monoisotopic (exact) mass is 489 g/mol. The van der Waals surface area contributed by atoms with Crippen LogP contribution in [0.5, 0.6) is 5.88 Å². The summed E-state index contributed by atoms with van der Waals surface area (Å²) in [4.78, 5) is 21.8. The normalized spacial score (nSPS) is 19.7. The van der Waals surface area contributed by atoms with Crippen LogP contribution < -0.4 is 10.4 Å². The molecule has 3 aromatic heterocycles. The van der Waals surface area contributed by atoms with Crippen LogP contribution >= 0.6 is 0 Å². The highest BCUT2D eigenvalue weighted by Crippen LogP contribution is 2.31. The summed E-state index contributed by atoms with van der Waals surface area (Å²) in [5.74, 6) is -0.0364. The highest BCUT2D eigenvalue weighted by Gasteiger charge is 2.30. The maximum atomic E-state index is 14.7. The highest BCUT2D eigenvalue weighted by atomic mass is 19.3. The minimum atomic E-state index is -2.59. The maximum absolute atomic E-state index is 14.7. The zero-order valence-corrected chi connectivity index (χ0v) is 19.0. The number of aromatic amines is 1. The van der Waals surface area contributed by atoms with Crippen LogP contribution in [0, 0.1) is 0 Å². The number of carbonyl (C=O) groups is 1. The molecule has 1 amide bonds. The van der Waals surface area contributed by atoms with Crippen LogP contribution in [0.2, 0.25) is 0 Å². The Labute approximate surface area is 198 Å². The van der Waals surface area contributed by atoms with E-state index >= 15 is 0 Å². The van der Waals surface area contributed by atoms with Gasteiger partial charge in [-0.1, -0.05) is 11.3 Å². The summed E-state index contributed by atoms with van der Waals surface area (Å²) in [5, 5.41) is 10.6. The van der Waals surface area contributed by atoms with Crippen molar-refractivity contribution >= 4 is 22.5 Å². The van der Waals surface area contributed by atoms with E-state index in [1.807, 2.05) is 0 Å². The van der Waals surface area contributed by atoms with Crippen molar-refractivity contribution in [2.24, 2.45) is 4.99 Å². The number of aromatic nitrogens is 6. The number of hydrogen-bond acceptors (Lipinski definition) is 6. The third-order valence-corrected chi connectivity index (χ3v) is 6.01. The standard InChI is InChI=1S/C22H23F3N8O2/c1-12(34)31-7-6-16(15(23)10-31)26-22-27-21(35-2)20-14(5-8-32(20)29-22)13-3-4-17-18(9-13)33(30-28-17)11-19(24)25/h3-5,8-9,15-16,19H,6-7,10-11H2,1-2H3,(H,26,29)/t15-,16+/m1/s1/i8D. The van der Waals surface area contributed by atoms with Crippen LogP contribution in [-0.4, -0.2) is 79.2 Å². The average Bonchev–Trinajstić information content (AvgIpc) is 3.39. The minimum Gasteiger partial charge on any atom is -0.479 e. The molecular formula is C22H23F3N8O2. The van der Waals surface area contributed by atoms with E-state index in [4.69, 9.17) is 6.11 Å². The number of carbonyl (C=O) groups excluding carboxylic acids is 1. The molecule has 1 aliphatic heterocycles. The molecule has 10 nitrogen and oxygen atoms in total. The summed E-state index contributed by atoms with van der Waals surface area (Å²) in [6.45, 7) is 1.16. The average molecular weight is 489 g/mol. The van der Waals surface area contributed by atoms with Crippen LogP contribution in [0.1, 0.15) is 14.7 Å². The maximum Gasteiger partial charge on any atom is 0.258 e. The fraction of sp³-hybridized carbons (Fsp3) is 0.409. The number of piperidine rings is 1. The van der Waals surface area contributed by atoms with Crippen molar-refractivity contribution in [3.63, 3.8) is 0 Å². The molecule has 35 heavy (non-hydrogen) atoms. The van der Waals surface area contributed by atoms with Crippen molar-refractivity contribution in [1.82, 2.24) is 34.5 Å². The van der Waals surface area contributed by atoms with Crippen molar-refractivity contribution in [3.05, 3.63) is 36.1 Å². The quantitative estimate of drug-likeness (QED) is 0.463. The van der Waals surface area contributed by atoms with Gasteiger partial charge in [-0.25, -0.2) is 22.8 Å². The Morgan fingerprint density at radius 1 is 1.40 bits per heavy atom. The second kappa shape index (κ2) is 9.04. The smallest absolute Gasteiger partial charge is 0.258 e. The summed E-state index contributed by atoms with van der Waals surface area (Å²) in [7, 11) is 1.42. The molecule has 1 aromatic carbocycles. The molecule has 0 aliphatic carbocycles. The van der Waals surface area contributed by atoms with Gasteiger partial charge in [0.25, 0.3) is 6.43 Å². The molecule has 1 saturated heterocycles. The van der Waals surface area contributed by atoms with Crippen LogP contribution in [0.25, 0.3) is 27.7 Å². The SMILES string of the molecule is [2H]c1cc(-c2ccc3nnn(CC(F)F)c3c2)c2c(OC)nc(=N[C@H]3CCN(C(C)=O)C[C@H]3F)[nH]n12. The number of H-pyrrole nitrogens is 1. The lowest BCUT2D eigenvalue weighted by molar-refractivity contribution is -0.131. The predicted molar refractivity (Wildman–Crippen MR) is 120 cm³/mol. The predicted octanol–water partition coefficient (Wildman–Crippen LogP) is 2.21. The van der Waals surface area contributed by atoms with Crippen LogP contribution in [0.4, 0.5) is 13.2 Å². The van der Waals surface area contributed by atoms with Gasteiger partial charge in [-0.3, -0.25) is 14.4 Å². The molecule has 2 atom stereocenters. The van der Waals surface area contributed by atoms with E-state index in [1.54, 1.807) is 24.3 Å². The van der Waals surface area contributed by atoms with Gasteiger partial charge >= 0.3 is 0 Å². The van der Waals surface area contributed by atoms with E-state index in [2.05, 4.69) is 25.4 Å². The van der Waals surface area contributed by atoms with Gasteiger partial charge in [-0.05, 0) is 30.2 Å². The molecule has 5 rings (SSSR count). The molecular weight excluding hydrogens is 465 g/mol. The van der Waals surface area contributed by atoms with Crippen molar-refractivity contribution < 1.29 is 24.1 Å². The second-order valence-electron chi connectivity index (χ2n) is 8.26. The summed E-state index contributed by atoms with van der Waals surface area (Å²) < 4.78 is 57.1. The van der Waals surface area contributed by atoms with Crippen LogP contribution in [0.15, 0.2) is 35.4 Å². The van der Waals surface area contributed by atoms with Crippen LogP contribution in [-0.2, 0) is 11.3 Å². The van der Waals surface area contributed by atoms with Crippen molar-refractivity contribution in [3.8, 4) is 17.0 Å². The highest BCUT2D eigenvalue weighted by molar-refractivity contribution is 5.89. The lowest BCUT2D eigenvalue weighted by atomic mass is 10.0. The first kappa shape index (κ1) is 21.6. The minimum absolute atomic E-state index is 0.0419. The Morgan fingerprint density at radius 2 is 2.23 bits per heavy atom. The first-order chi connectivity index (χ1) is 17.2. The molecule has 0 spiro atoms. The molecule has 1 fully saturated rings. The fourth-order valence-corrected chi connectivity index (χ4v) is 4.25. The number of likely N-dealkylation sites (tertiary alicyclic amines) is 1. The van der Waals surface area contributed by atoms with Gasteiger partial charge in [0.2, 0.25) is 17.4 Å². The number of benzene rings is 1. The molecule has 4 aromatic rings. The second-order valence-corrected chi connectivity index (χ2v) is 8.26. The number of nitrogens with one attached hydrogen (secondary N) is 1. The number of fused-ring (bicyclic) bond motifs is 2. The summed E-state index contributed by atoms with van der Waals surface area (Å²) in [6.07, 6.45) is -3.55. The summed E-state index contributed by atoms with van der Waals surface area (Å²) in [5.41, 5.74) is 2.58. The molecule has 13 heteroatoms. The molecule has 0 radical (unpaired) electrons. The molecule has 1 aliphatic rings. The number of alkyl halides is 3. The van der Waals surface area contributed by atoms with Gasteiger partial charge in [-0.15, -0.1) is 5.10 Å². The number of ether oxygens (including phenoxy) is 1. The zero-order valence-electron chi connectivity index (χ0n) is 20.0. The third kappa shape index (κ3) is 4.33. The van der Waals surface area contributed by atoms with Gasteiger partial charge in [0.1, 0.15) is 23.7 Å². The largest absolute Gasteiger partial charge is 0.479 e. The summed E-state index contributed by atoms with van der Waals surface area (Å²) >= 11 is 0. The lowest BCUT2D eigenvalue weighted by Crippen LogP contribution is -2.46. The number of hydrogen-bond donors (Lipinski definition) is 1. The lowest BCUT2D eigenvalue weighted by Gasteiger charge is -2.31. The molecule has 0 unspecified atom stereocenters. The Kier molecular flexibility index (Phi) is 5.58. The van der Waals surface area contributed by atoms with Crippen molar-refractivity contribution in [2.45, 2.75) is 38.5 Å². The van der Waals surface area contributed by atoms with Gasteiger partial charge < -0.3 is 9.64 Å². The van der Waals surface area contributed by atoms with E-state index in [0.717, 1.165) is 4.68 Å². The van der Waals surface area contributed by atoms with Gasteiger partial charge in [-0.2, -0.15) is 4.98 Å². The van der Waals surface area contributed by atoms with Crippen molar-refractivity contribution in [2.75, 3.05) is 20.2 Å². The van der Waals surface area contributed by atoms with E-state index in [1.165, 1.54) is 23.4 Å². The first-order valence-corrected chi connectivity index (χ1v) is 11.0.